The van der Waals surface area contributed by atoms with Gasteiger partial charge < -0.3 is 20.7 Å². The average molecular weight is 489 g/mol. The van der Waals surface area contributed by atoms with E-state index < -0.39 is 23.8 Å². The molecule has 2 aliphatic rings. The molecule has 0 radical (unpaired) electrons. The summed E-state index contributed by atoms with van der Waals surface area (Å²) >= 11 is 0. The molecule has 1 unspecified atom stereocenters. The third-order valence-electron chi connectivity index (χ3n) is 6.93. The highest BCUT2D eigenvalue weighted by atomic mass is 19.3. The van der Waals surface area contributed by atoms with Gasteiger partial charge in [0.05, 0.1) is 28.7 Å². The quantitative estimate of drug-likeness (QED) is 0.300. The molecule has 5 rings (SSSR count). The first-order valence-electron chi connectivity index (χ1n) is 11.9. The second-order valence-corrected chi connectivity index (χ2v) is 9.39. The van der Waals surface area contributed by atoms with E-state index in [0.717, 1.165) is 19.3 Å². The summed E-state index contributed by atoms with van der Waals surface area (Å²) in [6, 6.07) is 2.39. The van der Waals surface area contributed by atoms with Crippen molar-refractivity contribution in [3.05, 3.63) is 41.7 Å². The average Bonchev–Trinajstić information content (AvgIpc) is 3.27. The molecule has 2 saturated carbocycles. The molecule has 0 bridgehead atoms. The largest absolute Gasteiger partial charge is 0.391 e. The number of H-pyrrole nitrogens is 1. The van der Waals surface area contributed by atoms with E-state index >= 15 is 0 Å². The highest BCUT2D eigenvalue weighted by Crippen LogP contribution is 2.34. The number of hydrogen-bond acceptors (Lipinski definition) is 7. The van der Waals surface area contributed by atoms with E-state index in [1.165, 1.54) is 24.7 Å². The zero-order chi connectivity index (χ0) is 24.6. The topological polar surface area (TPSA) is 116 Å². The first-order chi connectivity index (χ1) is 16.8. The third kappa shape index (κ3) is 4.95. The number of alkyl halides is 2. The molecule has 8 nitrogen and oxygen atoms in total. The van der Waals surface area contributed by atoms with E-state index in [4.69, 9.17) is 0 Å². The molecule has 0 amide bonds. The fraction of sp³-hybridized carbons (Fsp3) is 0.500. The molecule has 35 heavy (non-hydrogen) atoms. The van der Waals surface area contributed by atoms with Gasteiger partial charge >= 0.3 is 0 Å². The Kier molecular flexibility index (Phi) is 6.35. The first-order valence-corrected chi connectivity index (χ1v) is 11.9. The zero-order valence-corrected chi connectivity index (χ0v) is 19.0. The summed E-state index contributed by atoms with van der Waals surface area (Å²) in [5.41, 5.74) is 0.375. The van der Waals surface area contributed by atoms with Crippen LogP contribution in [0.1, 0.15) is 67.3 Å². The number of aliphatic hydroxyl groups excluding tert-OH is 1. The van der Waals surface area contributed by atoms with Gasteiger partial charge in [-0.15, -0.1) is 0 Å². The lowest BCUT2D eigenvalue weighted by Crippen LogP contribution is -2.36. The first kappa shape index (κ1) is 23.5. The van der Waals surface area contributed by atoms with Crippen molar-refractivity contribution >= 4 is 28.5 Å². The molecule has 0 aromatic carbocycles. The van der Waals surface area contributed by atoms with Gasteiger partial charge in [0, 0.05) is 25.1 Å². The summed E-state index contributed by atoms with van der Waals surface area (Å²) in [6.07, 6.45) is 5.75. The minimum absolute atomic E-state index is 0.185. The number of aliphatic hydroxyl groups is 1. The standard InChI is InChI=1S/C24H27F3N6O2/c25-21-14(5-6-18(33-21)31-13-7-9-24(26,27)10-8-13)20(35)15-11-28-22-19(15)23(30-12-29-22)32-16-3-1-2-4-17(16)34/h5-6,11-13,16-17,34H,1-4,7-10H2,(H,31,33)(H2,28,29,30,32)/t16-,17?/m1/s1. The lowest BCUT2D eigenvalue weighted by atomic mass is 9.92. The van der Waals surface area contributed by atoms with Crippen molar-refractivity contribution in [3.8, 4) is 0 Å². The Hall–Kier alpha value is -3.21. The van der Waals surface area contributed by atoms with Gasteiger partial charge in [-0.05, 0) is 37.8 Å². The fourth-order valence-corrected chi connectivity index (χ4v) is 4.93. The Morgan fingerprint density at radius 3 is 2.57 bits per heavy atom. The summed E-state index contributed by atoms with van der Waals surface area (Å²) < 4.78 is 41.7. The predicted molar refractivity (Wildman–Crippen MR) is 124 cm³/mol. The van der Waals surface area contributed by atoms with Crippen LogP contribution in [-0.4, -0.2) is 54.9 Å². The molecule has 3 heterocycles. The van der Waals surface area contributed by atoms with E-state index in [2.05, 4.69) is 30.6 Å². The number of pyridine rings is 1. The van der Waals surface area contributed by atoms with E-state index in [-0.39, 0.29) is 54.7 Å². The van der Waals surface area contributed by atoms with Crippen molar-refractivity contribution in [2.45, 2.75) is 75.5 Å². The summed E-state index contributed by atoms with van der Waals surface area (Å²) in [5.74, 6) is -3.60. The molecule has 0 aliphatic heterocycles. The van der Waals surface area contributed by atoms with Crippen LogP contribution in [0.3, 0.4) is 0 Å². The Bertz CT molecular complexity index is 1220. The van der Waals surface area contributed by atoms with Crippen LogP contribution in [0.2, 0.25) is 0 Å². The Labute approximate surface area is 199 Å². The second-order valence-electron chi connectivity index (χ2n) is 9.39. The summed E-state index contributed by atoms with van der Waals surface area (Å²) in [4.78, 5) is 28.5. The minimum Gasteiger partial charge on any atom is -0.391 e. The Morgan fingerprint density at radius 2 is 1.83 bits per heavy atom. The van der Waals surface area contributed by atoms with E-state index in [9.17, 15) is 23.1 Å². The maximum absolute atomic E-state index is 14.9. The molecule has 2 atom stereocenters. The molecule has 3 aromatic rings. The minimum atomic E-state index is -2.65. The molecule has 2 aliphatic carbocycles. The molecule has 11 heteroatoms. The number of ketones is 1. The number of fused-ring (bicyclic) bond motifs is 1. The number of anilines is 2. The molecular weight excluding hydrogens is 461 g/mol. The van der Waals surface area contributed by atoms with Gasteiger partial charge in [0.2, 0.25) is 11.9 Å². The van der Waals surface area contributed by atoms with Crippen molar-refractivity contribution in [2.75, 3.05) is 10.6 Å². The van der Waals surface area contributed by atoms with Crippen molar-refractivity contribution < 1.29 is 23.1 Å². The number of aromatic amines is 1. The van der Waals surface area contributed by atoms with Crippen molar-refractivity contribution in [1.82, 2.24) is 19.9 Å². The van der Waals surface area contributed by atoms with Crippen LogP contribution in [0, 0.1) is 5.95 Å². The highest BCUT2D eigenvalue weighted by molar-refractivity contribution is 6.18. The number of carbonyl (C=O) groups excluding carboxylic acids is 1. The number of carbonyl (C=O) groups is 1. The van der Waals surface area contributed by atoms with Crippen molar-refractivity contribution in [1.29, 1.82) is 0 Å². The molecule has 0 spiro atoms. The molecular formula is C24H27F3N6O2. The van der Waals surface area contributed by atoms with Crippen LogP contribution in [0.15, 0.2) is 24.7 Å². The number of rotatable bonds is 6. The second kappa shape index (κ2) is 9.44. The van der Waals surface area contributed by atoms with Crippen molar-refractivity contribution in [3.63, 3.8) is 0 Å². The van der Waals surface area contributed by atoms with E-state index in [1.807, 2.05) is 0 Å². The van der Waals surface area contributed by atoms with Gasteiger partial charge in [-0.2, -0.15) is 4.39 Å². The van der Waals surface area contributed by atoms with Gasteiger partial charge in [-0.1, -0.05) is 12.8 Å². The van der Waals surface area contributed by atoms with Crippen LogP contribution >= 0.6 is 0 Å². The van der Waals surface area contributed by atoms with Gasteiger partial charge in [-0.3, -0.25) is 4.79 Å². The zero-order valence-electron chi connectivity index (χ0n) is 19.0. The lowest BCUT2D eigenvalue weighted by Gasteiger charge is -2.29. The van der Waals surface area contributed by atoms with Crippen molar-refractivity contribution in [2.24, 2.45) is 0 Å². The molecule has 4 N–H and O–H groups in total. The SMILES string of the molecule is O=C(c1ccc(NC2CCC(F)(F)CC2)nc1F)c1c[nH]c2ncnc(N[C@@H]3CCCCC3O)c12. The van der Waals surface area contributed by atoms with Crippen LogP contribution in [0.5, 0.6) is 0 Å². The maximum atomic E-state index is 14.9. The monoisotopic (exact) mass is 488 g/mol. The van der Waals surface area contributed by atoms with Gasteiger partial charge in [0.25, 0.3) is 0 Å². The molecule has 186 valence electrons. The lowest BCUT2D eigenvalue weighted by molar-refractivity contribution is -0.0361. The third-order valence-corrected chi connectivity index (χ3v) is 6.93. The Morgan fingerprint density at radius 1 is 1.06 bits per heavy atom. The van der Waals surface area contributed by atoms with E-state index in [0.29, 0.717) is 23.3 Å². The highest BCUT2D eigenvalue weighted by Gasteiger charge is 2.35. The number of aromatic nitrogens is 4. The normalized spacial score (nSPS) is 22.7. The summed E-state index contributed by atoms with van der Waals surface area (Å²) in [7, 11) is 0. The maximum Gasteiger partial charge on any atom is 0.248 e. The van der Waals surface area contributed by atoms with Crippen LogP contribution in [0.25, 0.3) is 11.0 Å². The molecule has 3 aromatic heterocycles. The Balaban J connectivity index is 1.37. The summed E-state index contributed by atoms with van der Waals surface area (Å²) in [6.45, 7) is 0. The number of nitrogens with one attached hydrogen (secondary N) is 3. The molecule has 0 saturated heterocycles. The van der Waals surface area contributed by atoms with Gasteiger partial charge in [0.1, 0.15) is 23.6 Å². The number of nitrogens with zero attached hydrogens (tertiary/aromatic N) is 3. The van der Waals surface area contributed by atoms with E-state index in [1.54, 1.807) is 0 Å². The predicted octanol–water partition coefficient (Wildman–Crippen LogP) is 4.43. The van der Waals surface area contributed by atoms with Gasteiger partial charge in [-0.25, -0.2) is 23.7 Å². The number of hydrogen-bond donors (Lipinski definition) is 4. The summed E-state index contributed by atoms with van der Waals surface area (Å²) in [5, 5.41) is 17.0. The van der Waals surface area contributed by atoms with Crippen LogP contribution in [0.4, 0.5) is 24.8 Å². The van der Waals surface area contributed by atoms with Crippen LogP contribution in [-0.2, 0) is 0 Å². The van der Waals surface area contributed by atoms with Crippen LogP contribution < -0.4 is 10.6 Å². The smallest absolute Gasteiger partial charge is 0.248 e. The number of halogens is 3. The van der Waals surface area contributed by atoms with Gasteiger partial charge in [0.15, 0.2) is 5.78 Å². The molecule has 2 fully saturated rings. The fourth-order valence-electron chi connectivity index (χ4n) is 4.93.